The van der Waals surface area contributed by atoms with Crippen LogP contribution in [0.5, 0.6) is 0 Å². The minimum atomic E-state index is -0.473. The summed E-state index contributed by atoms with van der Waals surface area (Å²) in [6, 6.07) is 0. The molecule has 84 valence electrons. The second kappa shape index (κ2) is 5.85. The van der Waals surface area contributed by atoms with Gasteiger partial charge in [0.05, 0.1) is 0 Å². The summed E-state index contributed by atoms with van der Waals surface area (Å²) in [5, 5.41) is 11.3. The van der Waals surface area contributed by atoms with Gasteiger partial charge in [-0.3, -0.25) is 0 Å². The summed E-state index contributed by atoms with van der Waals surface area (Å²) < 4.78 is 1.78. The number of nitro groups is 1. The Kier molecular flexibility index (Phi) is 4.74. The Balaban J connectivity index is 2.59. The van der Waals surface area contributed by atoms with E-state index in [1.807, 2.05) is 0 Å². The Bertz CT molecular complexity index is 327. The fourth-order valence-electron chi connectivity index (χ4n) is 1.47. The summed E-state index contributed by atoms with van der Waals surface area (Å²) in [5.41, 5.74) is 0. The molecule has 1 rings (SSSR count). The minimum absolute atomic E-state index is 0.0835. The van der Waals surface area contributed by atoms with Gasteiger partial charge in [-0.05, 0) is 22.2 Å². The van der Waals surface area contributed by atoms with Crippen molar-refractivity contribution in [1.29, 1.82) is 0 Å². The van der Waals surface area contributed by atoms with Crippen LogP contribution < -0.4 is 0 Å². The molecule has 1 heterocycles. The molecule has 1 aromatic heterocycles. The molecule has 0 bridgehead atoms. The predicted octanol–water partition coefficient (Wildman–Crippen LogP) is 2.60. The van der Waals surface area contributed by atoms with Crippen LogP contribution in [0.2, 0.25) is 0 Å². The molecule has 0 spiro atoms. The number of halogens is 1. The normalized spacial score (nSPS) is 12.7. The van der Waals surface area contributed by atoms with Gasteiger partial charge in [-0.2, -0.15) is 0 Å². The molecule has 0 radical (unpaired) electrons. The Morgan fingerprint density at radius 3 is 2.93 bits per heavy atom. The zero-order chi connectivity index (χ0) is 11.3. The monoisotopic (exact) mass is 275 g/mol. The molecular weight excluding hydrogens is 262 g/mol. The van der Waals surface area contributed by atoms with Crippen molar-refractivity contribution in [3.8, 4) is 0 Å². The first-order valence-electron chi connectivity index (χ1n) is 4.89. The highest BCUT2D eigenvalue weighted by molar-refractivity contribution is 9.09. The molecule has 0 aromatic carbocycles. The Morgan fingerprint density at radius 1 is 1.73 bits per heavy atom. The maximum Gasteiger partial charge on any atom is 0.381 e. The smallest absolute Gasteiger partial charge is 0.358 e. The molecule has 0 aliphatic rings. The van der Waals surface area contributed by atoms with Gasteiger partial charge in [0.2, 0.25) is 6.33 Å². The Morgan fingerprint density at radius 2 is 2.47 bits per heavy atom. The molecule has 0 fully saturated rings. The summed E-state index contributed by atoms with van der Waals surface area (Å²) in [5.74, 6) is 0.420. The fourth-order valence-corrected chi connectivity index (χ4v) is 1.99. The van der Waals surface area contributed by atoms with Crippen molar-refractivity contribution in [1.82, 2.24) is 9.55 Å². The molecule has 0 aliphatic carbocycles. The molecule has 5 nitrogen and oxygen atoms in total. The average molecular weight is 276 g/mol. The molecule has 1 unspecified atom stereocenters. The lowest BCUT2D eigenvalue weighted by molar-refractivity contribution is -0.389. The molecular formula is C9H14BrN3O2. The third-order valence-electron chi connectivity index (χ3n) is 2.19. The van der Waals surface area contributed by atoms with Crippen LogP contribution in [0.15, 0.2) is 12.5 Å². The lowest BCUT2D eigenvalue weighted by Gasteiger charge is -2.11. The number of nitrogens with zero attached hydrogens (tertiary/aromatic N) is 3. The van der Waals surface area contributed by atoms with E-state index in [4.69, 9.17) is 0 Å². The van der Waals surface area contributed by atoms with Gasteiger partial charge in [0.15, 0.2) is 0 Å². The first-order valence-corrected chi connectivity index (χ1v) is 6.01. The molecule has 0 aliphatic heterocycles. The zero-order valence-corrected chi connectivity index (χ0v) is 10.2. The maximum atomic E-state index is 10.4. The van der Waals surface area contributed by atoms with Gasteiger partial charge in [0.25, 0.3) is 0 Å². The van der Waals surface area contributed by atoms with E-state index in [1.54, 1.807) is 4.57 Å². The Hall–Kier alpha value is -0.910. The second-order valence-corrected chi connectivity index (χ2v) is 4.14. The highest BCUT2D eigenvalue weighted by atomic mass is 79.9. The summed E-state index contributed by atoms with van der Waals surface area (Å²) >= 11 is 3.44. The maximum absolute atomic E-state index is 10.4. The van der Waals surface area contributed by atoms with Crippen molar-refractivity contribution in [3.05, 3.63) is 22.6 Å². The van der Waals surface area contributed by atoms with Crippen molar-refractivity contribution in [2.24, 2.45) is 5.92 Å². The van der Waals surface area contributed by atoms with Gasteiger partial charge >= 0.3 is 5.82 Å². The second-order valence-electron chi connectivity index (χ2n) is 3.49. The van der Waals surface area contributed by atoms with Gasteiger partial charge in [-0.25, -0.2) is 0 Å². The molecule has 0 saturated carbocycles. The molecule has 6 heteroatoms. The Labute approximate surface area is 96.8 Å². The van der Waals surface area contributed by atoms with Gasteiger partial charge in [-0.1, -0.05) is 29.3 Å². The predicted molar refractivity (Wildman–Crippen MR) is 61.1 cm³/mol. The standard InChI is InChI=1S/C9H14BrN3O2/c1-2-3-8(4-10)5-12-6-9(11-7-12)13(14)15/h6-8H,2-5H2,1H3. The topological polar surface area (TPSA) is 61.0 Å². The summed E-state index contributed by atoms with van der Waals surface area (Å²) in [6.45, 7) is 2.91. The van der Waals surface area contributed by atoms with Crippen LogP contribution in [0.25, 0.3) is 0 Å². The molecule has 0 amide bonds. The van der Waals surface area contributed by atoms with Crippen molar-refractivity contribution in [2.75, 3.05) is 5.33 Å². The average Bonchev–Trinajstić information content (AvgIpc) is 2.65. The fraction of sp³-hybridized carbons (Fsp3) is 0.667. The van der Waals surface area contributed by atoms with E-state index in [0.717, 1.165) is 24.7 Å². The number of aromatic nitrogens is 2. The molecule has 15 heavy (non-hydrogen) atoms. The van der Waals surface area contributed by atoms with Crippen LogP contribution in [0.1, 0.15) is 19.8 Å². The van der Waals surface area contributed by atoms with Gasteiger partial charge in [-0.15, -0.1) is 0 Å². The van der Waals surface area contributed by atoms with Gasteiger partial charge in [0, 0.05) is 11.9 Å². The zero-order valence-electron chi connectivity index (χ0n) is 8.60. The van der Waals surface area contributed by atoms with Crippen LogP contribution in [0, 0.1) is 16.0 Å². The van der Waals surface area contributed by atoms with Gasteiger partial charge in [0.1, 0.15) is 6.20 Å². The number of hydrogen-bond acceptors (Lipinski definition) is 3. The quantitative estimate of drug-likeness (QED) is 0.456. The van der Waals surface area contributed by atoms with E-state index in [1.165, 1.54) is 12.5 Å². The third-order valence-corrected chi connectivity index (χ3v) is 3.11. The lowest BCUT2D eigenvalue weighted by atomic mass is 10.1. The summed E-state index contributed by atoms with van der Waals surface area (Å²) in [7, 11) is 0. The van der Waals surface area contributed by atoms with E-state index >= 15 is 0 Å². The molecule has 1 aromatic rings. The van der Waals surface area contributed by atoms with E-state index < -0.39 is 4.92 Å². The first kappa shape index (κ1) is 12.2. The minimum Gasteiger partial charge on any atom is -0.358 e. The van der Waals surface area contributed by atoms with Crippen LogP contribution in [0.3, 0.4) is 0 Å². The van der Waals surface area contributed by atoms with E-state index in [2.05, 4.69) is 27.8 Å². The highest BCUT2D eigenvalue weighted by Gasteiger charge is 2.12. The summed E-state index contributed by atoms with van der Waals surface area (Å²) in [6.07, 6.45) is 5.22. The number of rotatable bonds is 6. The number of imidazole rings is 1. The third kappa shape index (κ3) is 3.62. The van der Waals surface area contributed by atoms with Crippen molar-refractivity contribution in [3.63, 3.8) is 0 Å². The van der Waals surface area contributed by atoms with Crippen molar-refractivity contribution >= 4 is 21.7 Å². The van der Waals surface area contributed by atoms with E-state index in [9.17, 15) is 10.1 Å². The molecule has 1 atom stereocenters. The van der Waals surface area contributed by atoms with Crippen LogP contribution in [0.4, 0.5) is 5.82 Å². The van der Waals surface area contributed by atoms with Crippen LogP contribution in [-0.4, -0.2) is 19.8 Å². The highest BCUT2D eigenvalue weighted by Crippen LogP contribution is 2.14. The van der Waals surface area contributed by atoms with E-state index in [0.29, 0.717) is 5.92 Å². The number of hydrogen-bond donors (Lipinski definition) is 0. The van der Waals surface area contributed by atoms with Gasteiger partial charge < -0.3 is 14.7 Å². The summed E-state index contributed by atoms with van der Waals surface area (Å²) in [4.78, 5) is 13.7. The van der Waals surface area contributed by atoms with Crippen LogP contribution in [-0.2, 0) is 6.54 Å². The SMILES string of the molecule is CCCC(CBr)Cn1cnc([N+](=O)[O-])c1. The van der Waals surface area contributed by atoms with Crippen molar-refractivity contribution in [2.45, 2.75) is 26.3 Å². The lowest BCUT2D eigenvalue weighted by Crippen LogP contribution is -2.10. The first-order chi connectivity index (χ1) is 7.17. The largest absolute Gasteiger partial charge is 0.381 e. The van der Waals surface area contributed by atoms with E-state index in [-0.39, 0.29) is 5.82 Å². The molecule has 0 saturated heterocycles. The van der Waals surface area contributed by atoms with Crippen LogP contribution >= 0.6 is 15.9 Å². The van der Waals surface area contributed by atoms with Crippen molar-refractivity contribution < 1.29 is 4.92 Å². The molecule has 0 N–H and O–H groups in total. The number of alkyl halides is 1.